The molecule has 0 radical (unpaired) electrons. The molecule has 4 nitrogen and oxygen atoms in total. The Hall–Kier alpha value is -0.590. The molecule has 0 bridgehead atoms. The topological polar surface area (TPSA) is 72.2 Å². The van der Waals surface area contributed by atoms with Gasteiger partial charge in [0.2, 0.25) is 10.0 Å². The van der Waals surface area contributed by atoms with E-state index in [0.717, 1.165) is 12.8 Å². The number of hydrogen-bond donors (Lipinski definition) is 2. The lowest BCUT2D eigenvalue weighted by Crippen LogP contribution is -2.27. The second-order valence-electron chi connectivity index (χ2n) is 4.32. The Kier molecular flexibility index (Phi) is 3.47. The number of nitrogens with one attached hydrogen (secondary N) is 1. The third kappa shape index (κ3) is 2.81. The van der Waals surface area contributed by atoms with Crippen molar-refractivity contribution in [1.82, 2.24) is 4.72 Å². The molecule has 2 rings (SSSR count). The summed E-state index contributed by atoms with van der Waals surface area (Å²) in [5, 5.41) is 0. The number of rotatable bonds is 4. The highest BCUT2D eigenvalue weighted by Gasteiger charge is 2.39. The number of hydrogen-bond acceptors (Lipinski definition) is 3. The average Bonchev–Trinajstić information content (AvgIpc) is 2.99. The van der Waals surface area contributed by atoms with Crippen LogP contribution in [0.3, 0.4) is 0 Å². The normalized spacial score (nSPS) is 23.6. The molecule has 3 N–H and O–H groups in total. The largest absolute Gasteiger partial charge is 0.399 e. The van der Waals surface area contributed by atoms with E-state index in [2.05, 4.69) is 27.6 Å². The second-order valence-corrected chi connectivity index (χ2v) is 6.86. The number of nitrogens with two attached hydrogens (primary N) is 1. The fourth-order valence-corrected chi connectivity index (χ4v) is 4.15. The second kappa shape index (κ2) is 4.59. The molecule has 1 aromatic carbocycles. The van der Waals surface area contributed by atoms with Gasteiger partial charge in [-0.05, 0) is 46.5 Å². The third-order valence-corrected chi connectivity index (χ3v) is 5.48. The summed E-state index contributed by atoms with van der Waals surface area (Å²) < 4.78 is 27.5. The highest BCUT2D eigenvalue weighted by Crippen LogP contribution is 2.35. The molecule has 0 saturated heterocycles. The Morgan fingerprint density at radius 1 is 1.53 bits per heavy atom. The van der Waals surface area contributed by atoms with Crippen LogP contribution in [-0.4, -0.2) is 14.5 Å². The highest BCUT2D eigenvalue weighted by atomic mass is 79.9. The number of anilines is 1. The minimum absolute atomic E-state index is 0.0818. The minimum atomic E-state index is -3.47. The van der Waals surface area contributed by atoms with Gasteiger partial charge in [-0.25, -0.2) is 13.1 Å². The molecule has 94 valence electrons. The van der Waals surface area contributed by atoms with E-state index in [1.165, 1.54) is 6.07 Å². The van der Waals surface area contributed by atoms with Crippen LogP contribution >= 0.6 is 15.9 Å². The van der Waals surface area contributed by atoms with Crippen LogP contribution in [0.1, 0.15) is 19.8 Å². The Balaban J connectivity index is 2.23. The minimum Gasteiger partial charge on any atom is -0.399 e. The fourth-order valence-electron chi connectivity index (χ4n) is 1.83. The molecule has 0 aliphatic heterocycles. The standard InChI is InChI=1S/C11H15BrN2O2S/c1-2-7-5-10(7)14-17(15,16)11-6-8(13)3-4-9(11)12/h3-4,6-7,10,14H,2,5,13H2,1H3. The molecule has 1 fully saturated rings. The molecule has 1 saturated carbocycles. The van der Waals surface area contributed by atoms with Crippen LogP contribution < -0.4 is 10.5 Å². The van der Waals surface area contributed by atoms with Gasteiger partial charge >= 0.3 is 0 Å². The molecular weight excluding hydrogens is 304 g/mol. The summed E-state index contributed by atoms with van der Waals surface area (Å²) in [7, 11) is -3.47. The summed E-state index contributed by atoms with van der Waals surface area (Å²) in [6.07, 6.45) is 1.93. The molecule has 0 heterocycles. The molecule has 1 aliphatic rings. The summed E-state index contributed by atoms with van der Waals surface area (Å²) in [4.78, 5) is 0.208. The van der Waals surface area contributed by atoms with Crippen LogP contribution in [0, 0.1) is 5.92 Å². The van der Waals surface area contributed by atoms with E-state index in [-0.39, 0.29) is 10.9 Å². The smallest absolute Gasteiger partial charge is 0.242 e. The number of sulfonamides is 1. The molecule has 1 aliphatic carbocycles. The first-order chi connectivity index (χ1) is 7.94. The molecule has 17 heavy (non-hydrogen) atoms. The summed E-state index contributed by atoms with van der Waals surface area (Å²) in [5.41, 5.74) is 6.05. The maximum absolute atomic E-state index is 12.1. The van der Waals surface area contributed by atoms with Gasteiger partial charge in [-0.3, -0.25) is 0 Å². The van der Waals surface area contributed by atoms with Crippen molar-refractivity contribution in [2.75, 3.05) is 5.73 Å². The monoisotopic (exact) mass is 318 g/mol. The quantitative estimate of drug-likeness (QED) is 0.835. The molecule has 6 heteroatoms. The van der Waals surface area contributed by atoms with Crippen molar-refractivity contribution >= 4 is 31.6 Å². The van der Waals surface area contributed by atoms with Gasteiger partial charge in [-0.2, -0.15) is 0 Å². The van der Waals surface area contributed by atoms with Crippen LogP contribution in [0.15, 0.2) is 27.6 Å². The van der Waals surface area contributed by atoms with Gasteiger partial charge in [-0.15, -0.1) is 0 Å². The molecule has 0 aromatic heterocycles. The molecular formula is C11H15BrN2O2S. The number of halogens is 1. The Labute approximate surface area is 110 Å². The van der Waals surface area contributed by atoms with Gasteiger partial charge in [0.1, 0.15) is 0 Å². The number of nitrogen functional groups attached to an aromatic ring is 1. The van der Waals surface area contributed by atoms with Crippen LogP contribution in [0.4, 0.5) is 5.69 Å². The lowest BCUT2D eigenvalue weighted by molar-refractivity contribution is 0.575. The maximum atomic E-state index is 12.1. The van der Waals surface area contributed by atoms with E-state index in [1.54, 1.807) is 12.1 Å². The molecule has 0 spiro atoms. The van der Waals surface area contributed by atoms with Crippen molar-refractivity contribution in [3.05, 3.63) is 22.7 Å². The fraction of sp³-hybridized carbons (Fsp3) is 0.455. The predicted octanol–water partition coefficient (Wildman–Crippen LogP) is 2.11. The average molecular weight is 319 g/mol. The Bertz CT molecular complexity index is 530. The van der Waals surface area contributed by atoms with E-state index in [4.69, 9.17) is 5.73 Å². The molecule has 2 unspecified atom stereocenters. The van der Waals surface area contributed by atoms with Gasteiger partial charge in [0, 0.05) is 16.2 Å². The van der Waals surface area contributed by atoms with Gasteiger partial charge in [0.05, 0.1) is 4.90 Å². The first-order valence-corrected chi connectivity index (χ1v) is 7.79. The predicted molar refractivity (Wildman–Crippen MR) is 71.1 cm³/mol. The van der Waals surface area contributed by atoms with E-state index < -0.39 is 10.0 Å². The van der Waals surface area contributed by atoms with Crippen molar-refractivity contribution in [3.63, 3.8) is 0 Å². The lowest BCUT2D eigenvalue weighted by atomic mass is 10.3. The Morgan fingerprint density at radius 3 is 2.82 bits per heavy atom. The Morgan fingerprint density at radius 2 is 2.24 bits per heavy atom. The van der Waals surface area contributed by atoms with E-state index in [0.29, 0.717) is 16.1 Å². The third-order valence-electron chi connectivity index (χ3n) is 3.00. The van der Waals surface area contributed by atoms with Gasteiger partial charge in [0.25, 0.3) is 0 Å². The lowest BCUT2D eigenvalue weighted by Gasteiger charge is -2.08. The summed E-state index contributed by atoms with van der Waals surface area (Å²) in [6, 6.07) is 4.86. The maximum Gasteiger partial charge on any atom is 0.242 e. The molecule has 1 aromatic rings. The van der Waals surface area contributed by atoms with Gasteiger partial charge < -0.3 is 5.73 Å². The zero-order chi connectivity index (χ0) is 12.6. The van der Waals surface area contributed by atoms with Crippen molar-refractivity contribution in [2.45, 2.75) is 30.7 Å². The van der Waals surface area contributed by atoms with Gasteiger partial charge in [0.15, 0.2) is 0 Å². The van der Waals surface area contributed by atoms with Crippen LogP contribution in [-0.2, 0) is 10.0 Å². The van der Waals surface area contributed by atoms with Gasteiger partial charge in [-0.1, -0.05) is 13.3 Å². The summed E-state index contributed by atoms with van der Waals surface area (Å²) in [5.74, 6) is 0.476. The van der Waals surface area contributed by atoms with E-state index in [9.17, 15) is 8.42 Å². The van der Waals surface area contributed by atoms with E-state index >= 15 is 0 Å². The first kappa shape index (κ1) is 12.9. The van der Waals surface area contributed by atoms with Crippen molar-refractivity contribution in [3.8, 4) is 0 Å². The van der Waals surface area contributed by atoms with Crippen molar-refractivity contribution in [2.24, 2.45) is 5.92 Å². The zero-order valence-corrected chi connectivity index (χ0v) is 11.9. The highest BCUT2D eigenvalue weighted by molar-refractivity contribution is 9.10. The summed E-state index contributed by atoms with van der Waals surface area (Å²) >= 11 is 3.23. The number of benzene rings is 1. The van der Waals surface area contributed by atoms with Crippen LogP contribution in [0.5, 0.6) is 0 Å². The first-order valence-electron chi connectivity index (χ1n) is 5.51. The van der Waals surface area contributed by atoms with Crippen LogP contribution in [0.25, 0.3) is 0 Å². The van der Waals surface area contributed by atoms with E-state index in [1.807, 2.05) is 0 Å². The molecule has 2 atom stereocenters. The van der Waals surface area contributed by atoms with Crippen LogP contribution in [0.2, 0.25) is 0 Å². The molecule has 0 amide bonds. The summed E-state index contributed by atoms with van der Waals surface area (Å²) in [6.45, 7) is 2.06. The SMILES string of the molecule is CCC1CC1NS(=O)(=O)c1cc(N)ccc1Br. The van der Waals surface area contributed by atoms with Crippen molar-refractivity contribution < 1.29 is 8.42 Å². The zero-order valence-electron chi connectivity index (χ0n) is 9.48. The van der Waals surface area contributed by atoms with Crippen molar-refractivity contribution in [1.29, 1.82) is 0 Å².